The average molecular weight is 266 g/mol. The maximum absolute atomic E-state index is 12.4. The fraction of sp³-hybridized carbons (Fsp3) is 0.529. The Morgan fingerprint density at radius 1 is 1.35 bits per heavy atom. The van der Waals surface area contributed by atoms with E-state index in [1.54, 1.807) is 6.20 Å². The fourth-order valence-electron chi connectivity index (χ4n) is 4.95. The van der Waals surface area contributed by atoms with Gasteiger partial charge in [-0.15, -0.1) is 0 Å². The Bertz CT molecular complexity index is 632. The summed E-state index contributed by atoms with van der Waals surface area (Å²) in [5, 5.41) is 0. The summed E-state index contributed by atoms with van der Waals surface area (Å²) in [7, 11) is 0. The van der Waals surface area contributed by atoms with Gasteiger partial charge in [0.05, 0.1) is 17.8 Å². The van der Waals surface area contributed by atoms with Crippen molar-refractivity contribution in [2.45, 2.75) is 25.8 Å². The van der Waals surface area contributed by atoms with E-state index in [9.17, 15) is 4.79 Å². The van der Waals surface area contributed by atoms with E-state index in [2.05, 4.69) is 17.1 Å². The quantitative estimate of drug-likeness (QED) is 0.771. The molecule has 0 N–H and O–H groups in total. The number of aromatic nitrogens is 1. The Kier molecular flexibility index (Phi) is 1.94. The standard InChI is InChI=1S/C17H18N2O/c20-16-13-2-1-7-18-15(13)10-19(16)9-11-8-12-3-4-14(11)17(12)5-6-17/h1-4,7,11-12,14H,5-6,8-10H2/t11-,12-,14-/m1/s1. The van der Waals surface area contributed by atoms with Crippen LogP contribution in [-0.4, -0.2) is 22.3 Å². The van der Waals surface area contributed by atoms with Crippen molar-refractivity contribution in [3.8, 4) is 0 Å². The lowest BCUT2D eigenvalue weighted by atomic mass is 9.88. The summed E-state index contributed by atoms with van der Waals surface area (Å²) in [6.07, 6.45) is 10.8. The van der Waals surface area contributed by atoms with Gasteiger partial charge in [-0.1, -0.05) is 12.2 Å². The summed E-state index contributed by atoms with van der Waals surface area (Å²) in [5.41, 5.74) is 2.39. The first-order valence-electron chi connectivity index (χ1n) is 7.69. The highest BCUT2D eigenvalue weighted by Crippen LogP contribution is 2.70. The van der Waals surface area contributed by atoms with Gasteiger partial charge < -0.3 is 4.90 Å². The second-order valence-electron chi connectivity index (χ2n) is 6.93. The number of pyridine rings is 1. The molecular weight excluding hydrogens is 248 g/mol. The highest BCUT2D eigenvalue weighted by Gasteiger charge is 2.62. The Labute approximate surface area is 118 Å². The molecule has 1 spiro atoms. The lowest BCUT2D eigenvalue weighted by Gasteiger charge is -2.25. The Morgan fingerprint density at radius 3 is 3.00 bits per heavy atom. The molecule has 2 fully saturated rings. The van der Waals surface area contributed by atoms with Gasteiger partial charge in [0, 0.05) is 12.7 Å². The molecule has 1 aliphatic heterocycles. The molecule has 0 radical (unpaired) electrons. The van der Waals surface area contributed by atoms with Crippen molar-refractivity contribution in [1.82, 2.24) is 9.88 Å². The van der Waals surface area contributed by atoms with Crippen molar-refractivity contribution in [3.05, 3.63) is 41.7 Å². The molecule has 0 aromatic carbocycles. The lowest BCUT2D eigenvalue weighted by molar-refractivity contribution is 0.0739. The van der Waals surface area contributed by atoms with Crippen molar-refractivity contribution >= 4 is 5.91 Å². The van der Waals surface area contributed by atoms with Crippen LogP contribution < -0.4 is 0 Å². The molecule has 2 heterocycles. The van der Waals surface area contributed by atoms with Gasteiger partial charge in [-0.25, -0.2) is 0 Å². The van der Waals surface area contributed by atoms with E-state index < -0.39 is 0 Å². The maximum Gasteiger partial charge on any atom is 0.256 e. The molecule has 3 heteroatoms. The molecule has 102 valence electrons. The van der Waals surface area contributed by atoms with Crippen molar-refractivity contribution in [1.29, 1.82) is 0 Å². The number of fused-ring (bicyclic) bond motifs is 1. The SMILES string of the molecule is O=C1c2cccnc2CN1C[C@H]1C[C@H]2C=C[C@H]1C21CC1. The number of amides is 1. The molecule has 2 bridgehead atoms. The molecule has 20 heavy (non-hydrogen) atoms. The highest BCUT2D eigenvalue weighted by molar-refractivity contribution is 5.97. The minimum absolute atomic E-state index is 0.185. The zero-order chi connectivity index (χ0) is 13.3. The van der Waals surface area contributed by atoms with Crippen LogP contribution in [0.5, 0.6) is 0 Å². The average Bonchev–Trinajstić information content (AvgIpc) is 3.03. The van der Waals surface area contributed by atoms with Crippen molar-refractivity contribution < 1.29 is 4.79 Å². The maximum atomic E-state index is 12.4. The summed E-state index contributed by atoms with van der Waals surface area (Å²) in [5.74, 6) is 2.39. The van der Waals surface area contributed by atoms with Crippen LogP contribution in [-0.2, 0) is 6.54 Å². The van der Waals surface area contributed by atoms with Crippen molar-refractivity contribution in [3.63, 3.8) is 0 Å². The normalized spacial score (nSPS) is 35.1. The van der Waals surface area contributed by atoms with Crippen LogP contribution in [0.25, 0.3) is 0 Å². The van der Waals surface area contributed by atoms with Crippen molar-refractivity contribution in [2.24, 2.45) is 23.2 Å². The Hall–Kier alpha value is -1.64. The largest absolute Gasteiger partial charge is 0.332 e. The van der Waals surface area contributed by atoms with E-state index in [1.165, 1.54) is 19.3 Å². The molecule has 3 nitrogen and oxygen atoms in total. The third-order valence-electron chi connectivity index (χ3n) is 6.05. The van der Waals surface area contributed by atoms with Gasteiger partial charge in [0.15, 0.2) is 0 Å². The van der Waals surface area contributed by atoms with E-state index in [4.69, 9.17) is 0 Å². The van der Waals surface area contributed by atoms with Crippen LogP contribution in [0.3, 0.4) is 0 Å². The first-order chi connectivity index (χ1) is 9.78. The van der Waals surface area contributed by atoms with Crippen LogP contribution >= 0.6 is 0 Å². The predicted molar refractivity (Wildman–Crippen MR) is 74.9 cm³/mol. The highest BCUT2D eigenvalue weighted by atomic mass is 16.2. The van der Waals surface area contributed by atoms with Crippen LogP contribution in [0, 0.1) is 23.2 Å². The first kappa shape index (κ1) is 11.1. The zero-order valence-corrected chi connectivity index (χ0v) is 11.5. The topological polar surface area (TPSA) is 33.2 Å². The number of nitrogens with zero attached hydrogens (tertiary/aromatic N) is 2. The molecule has 0 saturated heterocycles. The van der Waals surface area contributed by atoms with Crippen LogP contribution in [0.4, 0.5) is 0 Å². The van der Waals surface area contributed by atoms with Gasteiger partial charge in [-0.3, -0.25) is 9.78 Å². The number of carbonyl (C=O) groups is 1. The predicted octanol–water partition coefficient (Wildman–Crippen LogP) is 2.64. The summed E-state index contributed by atoms with van der Waals surface area (Å²) in [6, 6.07) is 3.77. The molecule has 5 rings (SSSR count). The molecule has 1 amide bonds. The molecule has 4 aliphatic rings. The summed E-state index contributed by atoms with van der Waals surface area (Å²) in [4.78, 5) is 18.8. The zero-order valence-electron chi connectivity index (χ0n) is 11.5. The summed E-state index contributed by atoms with van der Waals surface area (Å²) >= 11 is 0. The minimum atomic E-state index is 0.185. The second-order valence-corrected chi connectivity index (χ2v) is 6.93. The monoisotopic (exact) mass is 266 g/mol. The Morgan fingerprint density at radius 2 is 2.25 bits per heavy atom. The molecule has 1 aromatic heterocycles. The van der Waals surface area contributed by atoms with E-state index >= 15 is 0 Å². The van der Waals surface area contributed by atoms with Gasteiger partial charge in [-0.2, -0.15) is 0 Å². The molecule has 3 aliphatic carbocycles. The lowest BCUT2D eigenvalue weighted by Crippen LogP contribution is -2.32. The van der Waals surface area contributed by atoms with Crippen molar-refractivity contribution in [2.75, 3.05) is 6.54 Å². The van der Waals surface area contributed by atoms with E-state index in [0.717, 1.165) is 29.6 Å². The van der Waals surface area contributed by atoms with Crippen LogP contribution in [0.1, 0.15) is 35.3 Å². The molecule has 1 aromatic rings. The summed E-state index contributed by atoms with van der Waals surface area (Å²) in [6.45, 7) is 1.63. The molecule has 0 unspecified atom stereocenters. The first-order valence-corrected chi connectivity index (χ1v) is 7.69. The number of hydrogen-bond acceptors (Lipinski definition) is 2. The smallest absolute Gasteiger partial charge is 0.256 e. The van der Waals surface area contributed by atoms with Crippen LogP contribution in [0.2, 0.25) is 0 Å². The van der Waals surface area contributed by atoms with Gasteiger partial charge in [0.25, 0.3) is 5.91 Å². The number of allylic oxidation sites excluding steroid dienone is 2. The van der Waals surface area contributed by atoms with E-state index in [1.807, 2.05) is 17.0 Å². The van der Waals surface area contributed by atoms with E-state index in [0.29, 0.717) is 17.9 Å². The minimum Gasteiger partial charge on any atom is -0.332 e. The number of carbonyl (C=O) groups excluding carboxylic acids is 1. The molecular formula is C17H18N2O. The molecule has 3 atom stereocenters. The number of hydrogen-bond donors (Lipinski definition) is 0. The van der Waals surface area contributed by atoms with Gasteiger partial charge in [0.1, 0.15) is 0 Å². The second kappa shape index (κ2) is 3.51. The third kappa shape index (κ3) is 1.26. The third-order valence-corrected chi connectivity index (χ3v) is 6.05. The van der Waals surface area contributed by atoms with Gasteiger partial charge >= 0.3 is 0 Å². The number of rotatable bonds is 2. The Balaban J connectivity index is 1.37. The van der Waals surface area contributed by atoms with Crippen LogP contribution in [0.15, 0.2) is 30.5 Å². The van der Waals surface area contributed by atoms with Gasteiger partial charge in [0.2, 0.25) is 0 Å². The summed E-state index contributed by atoms with van der Waals surface area (Å²) < 4.78 is 0. The fourth-order valence-corrected chi connectivity index (χ4v) is 4.95. The van der Waals surface area contributed by atoms with E-state index in [-0.39, 0.29) is 5.91 Å². The van der Waals surface area contributed by atoms with Gasteiger partial charge in [-0.05, 0) is 54.6 Å². The molecule has 2 saturated carbocycles.